The van der Waals surface area contributed by atoms with Gasteiger partial charge in [0.1, 0.15) is 0 Å². The van der Waals surface area contributed by atoms with Crippen molar-refractivity contribution in [2.75, 3.05) is 0 Å². The summed E-state index contributed by atoms with van der Waals surface area (Å²) in [6.07, 6.45) is 12.0. The Hall–Kier alpha value is -1.30. The number of hydrogen-bond donors (Lipinski definition) is 0. The minimum atomic E-state index is 1.31. The van der Waals surface area contributed by atoms with Crippen LogP contribution in [0.25, 0.3) is 10.8 Å². The zero-order chi connectivity index (χ0) is 12.5. The van der Waals surface area contributed by atoms with Gasteiger partial charge in [0, 0.05) is 0 Å². The first-order chi connectivity index (χ1) is 8.97. The van der Waals surface area contributed by atoms with Gasteiger partial charge in [-0.15, -0.1) is 0 Å². The van der Waals surface area contributed by atoms with Gasteiger partial charge in [-0.3, -0.25) is 0 Å². The van der Waals surface area contributed by atoms with Crippen molar-refractivity contribution < 1.29 is 0 Å². The van der Waals surface area contributed by atoms with E-state index in [0.717, 1.165) is 0 Å². The Balaban J connectivity index is 0.000000138. The van der Waals surface area contributed by atoms with Crippen LogP contribution < -0.4 is 0 Å². The Morgan fingerprint density at radius 1 is 0.389 bits per heavy atom. The fraction of sp³-hybridized carbons (Fsp3) is 0.444. The molecule has 1 saturated carbocycles. The maximum absolute atomic E-state index is 2.12. The maximum Gasteiger partial charge on any atom is -0.0184 e. The third-order valence-electron chi connectivity index (χ3n) is 3.66. The van der Waals surface area contributed by atoms with Gasteiger partial charge in [0.2, 0.25) is 0 Å². The van der Waals surface area contributed by atoms with Crippen molar-refractivity contribution in [1.82, 2.24) is 0 Å². The lowest BCUT2D eigenvalue weighted by Gasteiger charge is -2.05. The van der Waals surface area contributed by atoms with Crippen LogP contribution in [0, 0.1) is 0 Å². The molecule has 0 saturated heterocycles. The van der Waals surface area contributed by atoms with Crippen LogP contribution in [0.1, 0.15) is 51.4 Å². The molecule has 0 aliphatic heterocycles. The highest BCUT2D eigenvalue weighted by Gasteiger charge is 1.95. The first-order valence-corrected chi connectivity index (χ1v) is 7.40. The molecular formula is C18H24. The van der Waals surface area contributed by atoms with Gasteiger partial charge < -0.3 is 0 Å². The van der Waals surface area contributed by atoms with Gasteiger partial charge in [0.05, 0.1) is 0 Å². The van der Waals surface area contributed by atoms with E-state index in [4.69, 9.17) is 0 Å². The molecule has 0 aromatic heterocycles. The maximum atomic E-state index is 2.12. The second-order valence-electron chi connectivity index (χ2n) is 5.18. The van der Waals surface area contributed by atoms with E-state index in [0.29, 0.717) is 0 Å². The van der Waals surface area contributed by atoms with E-state index < -0.39 is 0 Å². The summed E-state index contributed by atoms with van der Waals surface area (Å²) < 4.78 is 0. The fourth-order valence-corrected chi connectivity index (χ4v) is 2.55. The van der Waals surface area contributed by atoms with Crippen LogP contribution in [0.5, 0.6) is 0 Å². The molecular weight excluding hydrogens is 216 g/mol. The minimum Gasteiger partial charge on any atom is -0.0616 e. The van der Waals surface area contributed by atoms with Crippen LogP contribution in [-0.2, 0) is 0 Å². The Bertz CT molecular complexity index is 355. The van der Waals surface area contributed by atoms with Crippen LogP contribution in [0.3, 0.4) is 0 Å². The SMILES string of the molecule is C1CCCCCCC1.c1ccc2ccccc2c1. The molecule has 0 nitrogen and oxygen atoms in total. The molecule has 0 spiro atoms. The third kappa shape index (κ3) is 4.52. The zero-order valence-corrected chi connectivity index (χ0v) is 11.3. The summed E-state index contributed by atoms with van der Waals surface area (Å²) in [5, 5.41) is 2.62. The zero-order valence-electron chi connectivity index (χ0n) is 11.3. The van der Waals surface area contributed by atoms with Gasteiger partial charge in [0.15, 0.2) is 0 Å². The lowest BCUT2D eigenvalue weighted by molar-refractivity contribution is 0.504. The molecule has 96 valence electrons. The van der Waals surface area contributed by atoms with E-state index in [-0.39, 0.29) is 0 Å². The fourth-order valence-electron chi connectivity index (χ4n) is 2.55. The molecule has 18 heavy (non-hydrogen) atoms. The first kappa shape index (κ1) is 13.1. The molecule has 1 aliphatic rings. The molecule has 3 rings (SSSR count). The number of rotatable bonds is 0. The Labute approximate surface area is 111 Å². The van der Waals surface area contributed by atoms with Gasteiger partial charge in [-0.2, -0.15) is 0 Å². The lowest BCUT2D eigenvalue weighted by atomic mass is 10.0. The van der Waals surface area contributed by atoms with E-state index in [1.165, 1.54) is 62.1 Å². The van der Waals surface area contributed by atoms with E-state index in [1.807, 2.05) is 0 Å². The van der Waals surface area contributed by atoms with E-state index in [1.54, 1.807) is 0 Å². The van der Waals surface area contributed by atoms with Gasteiger partial charge >= 0.3 is 0 Å². The molecule has 1 fully saturated rings. The third-order valence-corrected chi connectivity index (χ3v) is 3.66. The quantitative estimate of drug-likeness (QED) is 0.533. The highest BCUT2D eigenvalue weighted by atomic mass is 14.0. The first-order valence-electron chi connectivity index (χ1n) is 7.40. The molecule has 0 atom stereocenters. The Morgan fingerprint density at radius 3 is 0.833 bits per heavy atom. The summed E-state index contributed by atoms with van der Waals surface area (Å²) in [6, 6.07) is 16.7. The second kappa shape index (κ2) is 7.92. The molecule has 0 N–H and O–H groups in total. The molecule has 0 heterocycles. The highest BCUT2D eigenvalue weighted by molar-refractivity contribution is 5.81. The van der Waals surface area contributed by atoms with Crippen LogP contribution >= 0.6 is 0 Å². The van der Waals surface area contributed by atoms with Crippen molar-refractivity contribution in [2.45, 2.75) is 51.4 Å². The average Bonchev–Trinajstić information content (AvgIpc) is 2.39. The molecule has 0 unspecified atom stereocenters. The van der Waals surface area contributed by atoms with E-state index >= 15 is 0 Å². The van der Waals surface area contributed by atoms with Crippen molar-refractivity contribution in [3.8, 4) is 0 Å². The second-order valence-corrected chi connectivity index (χ2v) is 5.18. The standard InChI is InChI=1S/C10H8.C8H16/c1-2-6-10-8-4-3-7-9(10)5-1;1-2-4-6-8-7-5-3-1/h1-8H;1-8H2. The normalized spacial score (nSPS) is 16.2. The monoisotopic (exact) mass is 240 g/mol. The van der Waals surface area contributed by atoms with Crippen molar-refractivity contribution in [3.05, 3.63) is 48.5 Å². The van der Waals surface area contributed by atoms with Crippen LogP contribution in [-0.4, -0.2) is 0 Å². The number of fused-ring (bicyclic) bond motifs is 1. The largest absolute Gasteiger partial charge is 0.0616 e. The van der Waals surface area contributed by atoms with Crippen molar-refractivity contribution in [2.24, 2.45) is 0 Å². The Morgan fingerprint density at radius 2 is 0.611 bits per heavy atom. The molecule has 0 heteroatoms. The summed E-state index contributed by atoms with van der Waals surface area (Å²) in [6.45, 7) is 0. The molecule has 0 bridgehead atoms. The summed E-state index contributed by atoms with van der Waals surface area (Å²) >= 11 is 0. The molecule has 1 aliphatic carbocycles. The van der Waals surface area contributed by atoms with Crippen LogP contribution in [0.4, 0.5) is 0 Å². The molecule has 0 radical (unpaired) electrons. The molecule has 2 aromatic carbocycles. The summed E-state index contributed by atoms with van der Waals surface area (Å²) in [7, 11) is 0. The smallest absolute Gasteiger partial charge is 0.0184 e. The van der Waals surface area contributed by atoms with Gasteiger partial charge in [-0.1, -0.05) is 99.9 Å². The topological polar surface area (TPSA) is 0 Å². The van der Waals surface area contributed by atoms with Crippen LogP contribution in [0.2, 0.25) is 0 Å². The van der Waals surface area contributed by atoms with Crippen LogP contribution in [0.15, 0.2) is 48.5 Å². The van der Waals surface area contributed by atoms with Crippen molar-refractivity contribution in [1.29, 1.82) is 0 Å². The Kier molecular flexibility index (Phi) is 5.78. The lowest BCUT2D eigenvalue weighted by Crippen LogP contribution is -1.85. The average molecular weight is 240 g/mol. The predicted molar refractivity (Wildman–Crippen MR) is 80.9 cm³/mol. The highest BCUT2D eigenvalue weighted by Crippen LogP contribution is 2.15. The van der Waals surface area contributed by atoms with Crippen molar-refractivity contribution in [3.63, 3.8) is 0 Å². The van der Waals surface area contributed by atoms with Gasteiger partial charge in [-0.25, -0.2) is 0 Å². The number of hydrogen-bond acceptors (Lipinski definition) is 0. The van der Waals surface area contributed by atoms with Crippen molar-refractivity contribution >= 4 is 10.8 Å². The molecule has 2 aromatic rings. The summed E-state index contributed by atoms with van der Waals surface area (Å²) in [5.74, 6) is 0. The summed E-state index contributed by atoms with van der Waals surface area (Å²) in [4.78, 5) is 0. The minimum absolute atomic E-state index is 1.31. The van der Waals surface area contributed by atoms with E-state index in [9.17, 15) is 0 Å². The van der Waals surface area contributed by atoms with Gasteiger partial charge in [0.25, 0.3) is 0 Å². The number of benzene rings is 2. The predicted octanol–water partition coefficient (Wildman–Crippen LogP) is 5.96. The molecule has 0 amide bonds. The summed E-state index contributed by atoms with van der Waals surface area (Å²) in [5.41, 5.74) is 0. The van der Waals surface area contributed by atoms with E-state index in [2.05, 4.69) is 48.5 Å². The van der Waals surface area contributed by atoms with Gasteiger partial charge in [-0.05, 0) is 10.8 Å².